The van der Waals surface area contributed by atoms with E-state index in [9.17, 15) is 0 Å². The summed E-state index contributed by atoms with van der Waals surface area (Å²) >= 11 is 15.6. The number of nitrogens with two attached hydrogens (primary N) is 3. The fourth-order valence-electron chi connectivity index (χ4n) is 3.28. The molecular formula is C23H22N4S3. The van der Waals surface area contributed by atoms with Gasteiger partial charge in [-0.15, -0.1) is 0 Å². The van der Waals surface area contributed by atoms with E-state index in [1.54, 1.807) is 0 Å². The first-order chi connectivity index (χ1) is 14.4. The molecule has 30 heavy (non-hydrogen) atoms. The minimum Gasteiger partial charge on any atom is -0.389 e. The van der Waals surface area contributed by atoms with Crippen molar-refractivity contribution in [2.75, 3.05) is 4.90 Å². The van der Waals surface area contributed by atoms with E-state index >= 15 is 0 Å². The standard InChI is InChI=1S/C23H22N4S3/c24-21(28)15-9-11-18(12-10-15)27(13-16-5-1-3-7-19(16)22(25)29)14-17-6-2-4-8-20(17)23(26)30/h1-12H,13-14H2,(H2,24,28)(H2,25,29)(H2,26,30). The van der Waals surface area contributed by atoms with Gasteiger partial charge in [0.1, 0.15) is 15.0 Å². The molecule has 0 radical (unpaired) electrons. The van der Waals surface area contributed by atoms with E-state index in [0.29, 0.717) is 28.1 Å². The van der Waals surface area contributed by atoms with Crippen LogP contribution in [0.1, 0.15) is 27.8 Å². The van der Waals surface area contributed by atoms with E-state index < -0.39 is 0 Å². The lowest BCUT2D eigenvalue weighted by Crippen LogP contribution is -2.26. The topological polar surface area (TPSA) is 81.3 Å². The first-order valence-electron chi connectivity index (χ1n) is 9.27. The van der Waals surface area contributed by atoms with Gasteiger partial charge >= 0.3 is 0 Å². The van der Waals surface area contributed by atoms with Crippen LogP contribution in [-0.2, 0) is 13.1 Å². The Balaban J connectivity index is 2.02. The van der Waals surface area contributed by atoms with E-state index in [1.807, 2.05) is 72.8 Å². The molecule has 0 atom stereocenters. The molecule has 3 aromatic carbocycles. The van der Waals surface area contributed by atoms with Gasteiger partial charge in [0.15, 0.2) is 0 Å². The van der Waals surface area contributed by atoms with Crippen molar-refractivity contribution in [3.8, 4) is 0 Å². The van der Waals surface area contributed by atoms with E-state index in [1.165, 1.54) is 0 Å². The Morgan fingerprint density at radius 1 is 0.600 bits per heavy atom. The first-order valence-corrected chi connectivity index (χ1v) is 10.5. The van der Waals surface area contributed by atoms with E-state index in [4.69, 9.17) is 53.9 Å². The van der Waals surface area contributed by atoms with Crippen LogP contribution in [0.4, 0.5) is 5.69 Å². The molecule has 0 amide bonds. The third-order valence-corrected chi connectivity index (χ3v) is 5.48. The SMILES string of the molecule is NC(=S)c1ccc(N(Cc2ccccc2C(N)=S)Cc2ccccc2C(N)=S)cc1. The van der Waals surface area contributed by atoms with Crippen molar-refractivity contribution in [3.05, 3.63) is 101 Å². The molecule has 0 spiro atoms. The van der Waals surface area contributed by atoms with Crippen molar-refractivity contribution in [2.45, 2.75) is 13.1 Å². The van der Waals surface area contributed by atoms with Crippen molar-refractivity contribution in [3.63, 3.8) is 0 Å². The predicted molar refractivity (Wildman–Crippen MR) is 137 cm³/mol. The van der Waals surface area contributed by atoms with Gasteiger partial charge in [-0.25, -0.2) is 0 Å². The number of nitrogens with zero attached hydrogens (tertiary/aromatic N) is 1. The molecule has 6 N–H and O–H groups in total. The molecule has 152 valence electrons. The van der Waals surface area contributed by atoms with Gasteiger partial charge < -0.3 is 22.1 Å². The van der Waals surface area contributed by atoms with Gasteiger partial charge in [-0.3, -0.25) is 0 Å². The van der Waals surface area contributed by atoms with Crippen LogP contribution >= 0.6 is 36.7 Å². The molecule has 0 aliphatic carbocycles. The summed E-state index contributed by atoms with van der Waals surface area (Å²) in [7, 11) is 0. The molecule has 0 aliphatic rings. The Labute approximate surface area is 192 Å². The van der Waals surface area contributed by atoms with Crippen molar-refractivity contribution in [1.82, 2.24) is 0 Å². The highest BCUT2D eigenvalue weighted by Crippen LogP contribution is 2.24. The van der Waals surface area contributed by atoms with Gasteiger partial charge in [-0.05, 0) is 35.4 Å². The van der Waals surface area contributed by atoms with Gasteiger partial charge in [0, 0.05) is 35.5 Å². The molecule has 3 aromatic rings. The van der Waals surface area contributed by atoms with Gasteiger partial charge in [0.2, 0.25) is 0 Å². The van der Waals surface area contributed by atoms with Gasteiger partial charge in [0.25, 0.3) is 0 Å². The summed E-state index contributed by atoms with van der Waals surface area (Å²) in [5, 5.41) is 0. The summed E-state index contributed by atoms with van der Waals surface area (Å²) in [5.74, 6) is 0. The van der Waals surface area contributed by atoms with Crippen molar-refractivity contribution in [2.24, 2.45) is 17.2 Å². The largest absolute Gasteiger partial charge is 0.389 e. The zero-order valence-electron chi connectivity index (χ0n) is 16.2. The number of hydrogen-bond donors (Lipinski definition) is 3. The van der Waals surface area contributed by atoms with Crippen LogP contribution in [-0.4, -0.2) is 15.0 Å². The summed E-state index contributed by atoms with van der Waals surface area (Å²) in [6.45, 7) is 1.21. The quantitative estimate of drug-likeness (QED) is 0.450. The third kappa shape index (κ3) is 5.18. The maximum absolute atomic E-state index is 5.95. The number of hydrogen-bond acceptors (Lipinski definition) is 4. The molecule has 0 bridgehead atoms. The lowest BCUT2D eigenvalue weighted by atomic mass is 10.0. The van der Waals surface area contributed by atoms with E-state index in [-0.39, 0.29) is 0 Å². The third-order valence-electron chi connectivity index (χ3n) is 4.81. The number of thiocarbonyl (C=S) groups is 3. The second kappa shape index (κ2) is 9.75. The Bertz CT molecular complexity index is 1030. The van der Waals surface area contributed by atoms with E-state index in [2.05, 4.69) is 4.90 Å². The molecule has 0 aliphatic heterocycles. The van der Waals surface area contributed by atoms with E-state index in [0.717, 1.165) is 33.5 Å². The maximum Gasteiger partial charge on any atom is 0.104 e. The molecule has 0 saturated carbocycles. The summed E-state index contributed by atoms with van der Waals surface area (Å²) < 4.78 is 0. The number of rotatable bonds is 8. The summed E-state index contributed by atoms with van der Waals surface area (Å²) in [6.07, 6.45) is 0. The lowest BCUT2D eigenvalue weighted by Gasteiger charge is -2.27. The summed E-state index contributed by atoms with van der Waals surface area (Å²) in [4.78, 5) is 3.33. The van der Waals surface area contributed by atoms with Crippen molar-refractivity contribution in [1.29, 1.82) is 0 Å². The Morgan fingerprint density at radius 2 is 1.03 bits per heavy atom. The monoisotopic (exact) mass is 450 g/mol. The van der Waals surface area contributed by atoms with Crippen LogP contribution in [0.5, 0.6) is 0 Å². The first kappa shape index (κ1) is 21.8. The molecule has 3 rings (SSSR count). The minimum atomic E-state index is 0.366. The average Bonchev–Trinajstić information content (AvgIpc) is 2.73. The highest BCUT2D eigenvalue weighted by atomic mass is 32.1. The van der Waals surface area contributed by atoms with Gasteiger partial charge in [0.05, 0.1) is 0 Å². The second-order valence-electron chi connectivity index (χ2n) is 6.81. The van der Waals surface area contributed by atoms with Gasteiger partial charge in [-0.1, -0.05) is 85.2 Å². The average molecular weight is 451 g/mol. The lowest BCUT2D eigenvalue weighted by molar-refractivity contribution is 0.798. The second-order valence-corrected chi connectivity index (χ2v) is 8.13. The molecule has 0 saturated heterocycles. The molecule has 0 fully saturated rings. The minimum absolute atomic E-state index is 0.366. The molecule has 0 heterocycles. The zero-order valence-corrected chi connectivity index (χ0v) is 18.7. The number of anilines is 1. The van der Waals surface area contributed by atoms with Crippen LogP contribution in [0.3, 0.4) is 0 Å². The van der Waals surface area contributed by atoms with Gasteiger partial charge in [-0.2, -0.15) is 0 Å². The van der Waals surface area contributed by atoms with Crippen LogP contribution in [0, 0.1) is 0 Å². The van der Waals surface area contributed by atoms with Crippen LogP contribution in [0.2, 0.25) is 0 Å². The smallest absolute Gasteiger partial charge is 0.104 e. The van der Waals surface area contributed by atoms with Crippen LogP contribution < -0.4 is 22.1 Å². The Kier molecular flexibility index (Phi) is 7.10. The highest BCUT2D eigenvalue weighted by molar-refractivity contribution is 7.81. The molecule has 7 heteroatoms. The van der Waals surface area contributed by atoms with Crippen molar-refractivity contribution >= 4 is 57.3 Å². The molecule has 4 nitrogen and oxygen atoms in total. The maximum atomic E-state index is 5.95. The molecule has 0 aromatic heterocycles. The summed E-state index contributed by atoms with van der Waals surface area (Å²) in [6, 6.07) is 23.6. The fraction of sp³-hybridized carbons (Fsp3) is 0.0870. The van der Waals surface area contributed by atoms with Crippen molar-refractivity contribution < 1.29 is 0 Å². The molecular weight excluding hydrogens is 428 g/mol. The fourth-order valence-corrected chi connectivity index (χ4v) is 3.82. The highest BCUT2D eigenvalue weighted by Gasteiger charge is 2.15. The summed E-state index contributed by atoms with van der Waals surface area (Å²) in [5.41, 5.74) is 23.3. The zero-order chi connectivity index (χ0) is 21.7. The molecule has 0 unspecified atom stereocenters. The van der Waals surface area contributed by atoms with Crippen LogP contribution in [0.15, 0.2) is 72.8 Å². The predicted octanol–water partition coefficient (Wildman–Crippen LogP) is 3.80. The number of benzene rings is 3. The Hall–Kier alpha value is -2.87. The van der Waals surface area contributed by atoms with Crippen LogP contribution in [0.25, 0.3) is 0 Å². The normalized spacial score (nSPS) is 10.4. The Morgan fingerprint density at radius 3 is 1.43 bits per heavy atom.